The number of sulfonamides is 1. The SMILES string of the molecule is CCCC#Cc1ccc2c(c1)O[C@H](CN(C)C(=O)c1ccccc1)[C@H](C)CN([C@H](C)CO)S2(=O)=O. The number of ether oxygens (including phenoxy) is 1. The molecule has 8 heteroatoms. The van der Waals surface area contributed by atoms with Crippen molar-refractivity contribution in [3.63, 3.8) is 0 Å². The molecule has 2 aromatic rings. The number of benzene rings is 2. The van der Waals surface area contributed by atoms with Crippen LogP contribution in [-0.2, 0) is 10.0 Å². The van der Waals surface area contributed by atoms with Gasteiger partial charge in [0.2, 0.25) is 10.0 Å². The standard InChI is InChI=1S/C27H34N2O5S/c1-5-6-8-11-22-14-15-26-24(16-22)34-25(18-28(4)27(31)23-12-9-7-10-13-23)20(2)17-29(21(3)19-30)35(26,32)33/h7,9-10,12-16,20-21,25,30H,5-6,17-19H2,1-4H3/t20-,21-,25-/m1/s1. The molecule has 1 amide bonds. The Morgan fingerprint density at radius 2 is 1.97 bits per heavy atom. The van der Waals surface area contributed by atoms with Crippen molar-refractivity contribution < 1.29 is 23.1 Å². The van der Waals surface area contributed by atoms with Crippen molar-refractivity contribution in [3.8, 4) is 17.6 Å². The van der Waals surface area contributed by atoms with Crippen LogP contribution in [0.4, 0.5) is 0 Å². The summed E-state index contributed by atoms with van der Waals surface area (Å²) in [6, 6.07) is 13.2. The highest BCUT2D eigenvalue weighted by Gasteiger charge is 2.38. The van der Waals surface area contributed by atoms with Crippen LogP contribution in [0.15, 0.2) is 53.4 Å². The molecular weight excluding hydrogens is 464 g/mol. The van der Waals surface area contributed by atoms with Gasteiger partial charge in [-0.2, -0.15) is 4.31 Å². The van der Waals surface area contributed by atoms with E-state index in [0.717, 1.165) is 12.8 Å². The number of rotatable bonds is 6. The van der Waals surface area contributed by atoms with Crippen LogP contribution in [0.3, 0.4) is 0 Å². The fourth-order valence-electron chi connectivity index (χ4n) is 3.96. The van der Waals surface area contributed by atoms with Crippen LogP contribution in [0, 0.1) is 17.8 Å². The number of hydrogen-bond donors (Lipinski definition) is 1. The highest BCUT2D eigenvalue weighted by molar-refractivity contribution is 7.89. The molecule has 0 saturated carbocycles. The predicted molar refractivity (Wildman–Crippen MR) is 136 cm³/mol. The van der Waals surface area contributed by atoms with Gasteiger partial charge >= 0.3 is 0 Å². The molecule has 188 valence electrons. The van der Waals surface area contributed by atoms with Crippen LogP contribution in [0.25, 0.3) is 0 Å². The van der Waals surface area contributed by atoms with E-state index in [-0.39, 0.29) is 42.2 Å². The summed E-state index contributed by atoms with van der Waals surface area (Å²) in [6.45, 7) is 5.73. The smallest absolute Gasteiger partial charge is 0.253 e. The molecule has 3 rings (SSSR count). The van der Waals surface area contributed by atoms with Crippen molar-refractivity contribution in [1.29, 1.82) is 0 Å². The van der Waals surface area contributed by atoms with Gasteiger partial charge in [-0.25, -0.2) is 8.42 Å². The molecule has 0 fully saturated rings. The summed E-state index contributed by atoms with van der Waals surface area (Å²) in [7, 11) is -2.21. The van der Waals surface area contributed by atoms with Gasteiger partial charge in [0.15, 0.2) is 0 Å². The number of amides is 1. The summed E-state index contributed by atoms with van der Waals surface area (Å²) in [6.07, 6.45) is 1.19. The van der Waals surface area contributed by atoms with Crippen LogP contribution in [0.5, 0.6) is 5.75 Å². The van der Waals surface area contributed by atoms with Crippen LogP contribution < -0.4 is 4.74 Å². The number of aliphatic hydroxyl groups is 1. The molecule has 1 heterocycles. The molecule has 1 N–H and O–H groups in total. The van der Waals surface area contributed by atoms with Gasteiger partial charge in [0, 0.05) is 43.1 Å². The van der Waals surface area contributed by atoms with Crippen molar-refractivity contribution in [2.75, 3.05) is 26.7 Å². The van der Waals surface area contributed by atoms with Gasteiger partial charge in [-0.15, -0.1) is 0 Å². The maximum Gasteiger partial charge on any atom is 0.253 e. The third-order valence-electron chi connectivity index (χ3n) is 6.10. The van der Waals surface area contributed by atoms with Crippen molar-refractivity contribution >= 4 is 15.9 Å². The van der Waals surface area contributed by atoms with Gasteiger partial charge < -0.3 is 14.7 Å². The first kappa shape index (κ1) is 26.7. The lowest BCUT2D eigenvalue weighted by Crippen LogP contribution is -2.50. The second-order valence-corrected chi connectivity index (χ2v) is 10.9. The van der Waals surface area contributed by atoms with E-state index in [1.807, 2.05) is 32.0 Å². The summed E-state index contributed by atoms with van der Waals surface area (Å²) in [4.78, 5) is 14.6. The summed E-state index contributed by atoms with van der Waals surface area (Å²) in [5.41, 5.74) is 1.23. The van der Waals surface area contributed by atoms with Crippen LogP contribution in [0.2, 0.25) is 0 Å². The zero-order valence-corrected chi connectivity index (χ0v) is 21.6. The average molecular weight is 499 g/mol. The van der Waals surface area contributed by atoms with E-state index in [1.54, 1.807) is 43.1 Å². The third kappa shape index (κ3) is 6.23. The predicted octanol–water partition coefficient (Wildman–Crippen LogP) is 3.38. The second-order valence-electron chi connectivity index (χ2n) is 9.00. The normalized spacial score (nSPS) is 20.3. The molecule has 0 bridgehead atoms. The molecule has 35 heavy (non-hydrogen) atoms. The molecule has 0 unspecified atom stereocenters. The minimum Gasteiger partial charge on any atom is -0.487 e. The summed E-state index contributed by atoms with van der Waals surface area (Å²) < 4.78 is 34.7. The molecular formula is C27H34N2O5S. The zero-order valence-electron chi connectivity index (χ0n) is 20.8. The van der Waals surface area contributed by atoms with E-state index < -0.39 is 22.2 Å². The maximum atomic E-state index is 13.6. The number of aliphatic hydroxyl groups excluding tert-OH is 1. The van der Waals surface area contributed by atoms with Crippen LogP contribution >= 0.6 is 0 Å². The summed E-state index contributed by atoms with van der Waals surface area (Å²) in [5.74, 6) is 5.95. The molecule has 0 saturated heterocycles. The van der Waals surface area contributed by atoms with Gasteiger partial charge in [0.25, 0.3) is 5.91 Å². The van der Waals surface area contributed by atoms with Gasteiger partial charge in [0.05, 0.1) is 13.2 Å². The van der Waals surface area contributed by atoms with Gasteiger partial charge in [-0.05, 0) is 43.7 Å². The van der Waals surface area contributed by atoms with E-state index in [1.165, 1.54) is 10.4 Å². The number of nitrogens with zero attached hydrogens (tertiary/aromatic N) is 2. The number of hydrogen-bond acceptors (Lipinski definition) is 5. The molecule has 0 aromatic heterocycles. The lowest BCUT2D eigenvalue weighted by atomic mass is 10.0. The Morgan fingerprint density at radius 3 is 2.63 bits per heavy atom. The average Bonchev–Trinajstić information content (AvgIpc) is 2.85. The van der Waals surface area contributed by atoms with Crippen molar-refractivity contribution in [1.82, 2.24) is 9.21 Å². The fourth-order valence-corrected chi connectivity index (χ4v) is 5.79. The molecule has 0 aliphatic carbocycles. The van der Waals surface area contributed by atoms with E-state index in [2.05, 4.69) is 11.8 Å². The minimum atomic E-state index is -3.92. The minimum absolute atomic E-state index is 0.0350. The Morgan fingerprint density at radius 1 is 1.26 bits per heavy atom. The summed E-state index contributed by atoms with van der Waals surface area (Å²) >= 11 is 0. The fraction of sp³-hybridized carbons (Fsp3) is 0.444. The van der Waals surface area contributed by atoms with Crippen molar-refractivity contribution in [2.45, 2.75) is 50.7 Å². The molecule has 0 radical (unpaired) electrons. The number of carbonyl (C=O) groups excluding carboxylic acids is 1. The van der Waals surface area contributed by atoms with E-state index >= 15 is 0 Å². The number of fused-ring (bicyclic) bond motifs is 1. The molecule has 1 aliphatic heterocycles. The van der Waals surface area contributed by atoms with Gasteiger partial charge in [-0.3, -0.25) is 4.79 Å². The Bertz CT molecular complexity index is 1190. The molecule has 0 spiro atoms. The highest BCUT2D eigenvalue weighted by atomic mass is 32.2. The van der Waals surface area contributed by atoms with Crippen molar-refractivity contribution in [2.24, 2.45) is 5.92 Å². The van der Waals surface area contributed by atoms with E-state index in [9.17, 15) is 18.3 Å². The maximum absolute atomic E-state index is 13.6. The summed E-state index contributed by atoms with van der Waals surface area (Å²) in [5, 5.41) is 9.78. The Labute approximate surface area is 208 Å². The number of likely N-dealkylation sites (N-methyl/N-ethyl adjacent to an activating group) is 1. The van der Waals surface area contributed by atoms with Gasteiger partial charge in [0.1, 0.15) is 16.7 Å². The molecule has 7 nitrogen and oxygen atoms in total. The molecule has 2 aromatic carbocycles. The first-order valence-electron chi connectivity index (χ1n) is 11.9. The Hall–Kier alpha value is -2.86. The lowest BCUT2D eigenvalue weighted by molar-refractivity contribution is 0.0563. The monoisotopic (exact) mass is 498 g/mol. The largest absolute Gasteiger partial charge is 0.487 e. The quantitative estimate of drug-likeness (QED) is 0.617. The second kappa shape index (κ2) is 11.7. The number of unbranched alkanes of at least 4 members (excludes halogenated alkanes) is 1. The van der Waals surface area contributed by atoms with E-state index in [4.69, 9.17) is 4.74 Å². The zero-order chi connectivity index (χ0) is 25.6. The highest BCUT2D eigenvalue weighted by Crippen LogP contribution is 2.34. The van der Waals surface area contributed by atoms with Crippen LogP contribution in [0.1, 0.15) is 49.5 Å². The van der Waals surface area contributed by atoms with E-state index in [0.29, 0.717) is 11.1 Å². The number of carbonyl (C=O) groups is 1. The Kier molecular flexibility index (Phi) is 8.95. The molecule has 3 atom stereocenters. The third-order valence-corrected chi connectivity index (χ3v) is 8.12. The lowest BCUT2D eigenvalue weighted by Gasteiger charge is -2.37. The van der Waals surface area contributed by atoms with Crippen molar-refractivity contribution in [3.05, 3.63) is 59.7 Å². The topological polar surface area (TPSA) is 87.2 Å². The van der Waals surface area contributed by atoms with Crippen LogP contribution in [-0.4, -0.2) is 67.5 Å². The first-order valence-corrected chi connectivity index (χ1v) is 13.4. The molecule has 1 aliphatic rings. The first-order chi connectivity index (χ1) is 16.7. The van der Waals surface area contributed by atoms with Gasteiger partial charge in [-0.1, -0.05) is 43.9 Å². The Balaban J connectivity index is 2.01.